The zero-order valence-electron chi connectivity index (χ0n) is 10.1. The third-order valence-corrected chi connectivity index (χ3v) is 4.61. The second-order valence-corrected chi connectivity index (χ2v) is 6.37. The van der Waals surface area contributed by atoms with Gasteiger partial charge in [0.2, 0.25) is 0 Å². The van der Waals surface area contributed by atoms with Crippen LogP contribution in [0, 0.1) is 5.92 Å². The first-order chi connectivity index (χ1) is 7.54. The van der Waals surface area contributed by atoms with E-state index in [4.69, 9.17) is 0 Å². The van der Waals surface area contributed by atoms with Crippen LogP contribution >= 0.6 is 27.3 Å². The average molecular weight is 306 g/mol. The second-order valence-electron chi connectivity index (χ2n) is 4.46. The van der Waals surface area contributed by atoms with Crippen LogP contribution in [0.25, 0.3) is 0 Å². The fourth-order valence-electron chi connectivity index (χ4n) is 1.80. The minimum atomic E-state index is 0.238. The molecule has 0 spiro atoms. The number of aliphatic hydroxyl groups excluding tert-OH is 1. The topological polar surface area (TPSA) is 23.5 Å². The summed E-state index contributed by atoms with van der Waals surface area (Å²) in [7, 11) is 2.09. The van der Waals surface area contributed by atoms with Gasteiger partial charge in [-0.1, -0.05) is 13.8 Å². The van der Waals surface area contributed by atoms with Crippen molar-refractivity contribution in [1.82, 2.24) is 4.90 Å². The van der Waals surface area contributed by atoms with E-state index in [2.05, 4.69) is 53.2 Å². The first-order valence-electron chi connectivity index (χ1n) is 5.58. The highest BCUT2D eigenvalue weighted by atomic mass is 79.9. The Morgan fingerprint density at radius 1 is 1.50 bits per heavy atom. The molecule has 0 amide bonds. The maximum absolute atomic E-state index is 9.32. The van der Waals surface area contributed by atoms with Crippen LogP contribution in [0.4, 0.5) is 0 Å². The van der Waals surface area contributed by atoms with Crippen molar-refractivity contribution < 1.29 is 5.11 Å². The zero-order chi connectivity index (χ0) is 12.1. The molecule has 0 fully saturated rings. The molecule has 0 saturated heterocycles. The molecule has 1 unspecified atom stereocenters. The molecule has 0 aliphatic rings. The van der Waals surface area contributed by atoms with Crippen molar-refractivity contribution in [3.05, 3.63) is 20.8 Å². The van der Waals surface area contributed by atoms with Crippen LogP contribution in [0.2, 0.25) is 0 Å². The minimum absolute atomic E-state index is 0.238. The quantitative estimate of drug-likeness (QED) is 0.873. The second kappa shape index (κ2) is 6.74. The molecule has 1 heterocycles. The van der Waals surface area contributed by atoms with Gasteiger partial charge in [-0.2, -0.15) is 0 Å². The van der Waals surface area contributed by atoms with Crippen molar-refractivity contribution in [2.45, 2.75) is 26.3 Å². The molecule has 1 aromatic heterocycles. The Hall–Kier alpha value is 0.1000. The Morgan fingerprint density at radius 2 is 2.19 bits per heavy atom. The van der Waals surface area contributed by atoms with Gasteiger partial charge in [-0.3, -0.25) is 0 Å². The van der Waals surface area contributed by atoms with E-state index in [1.165, 1.54) is 4.88 Å². The lowest BCUT2D eigenvalue weighted by Crippen LogP contribution is -2.39. The summed E-state index contributed by atoms with van der Waals surface area (Å²) in [6.07, 6.45) is 1.05. The monoisotopic (exact) mass is 305 g/mol. The van der Waals surface area contributed by atoms with Gasteiger partial charge < -0.3 is 10.0 Å². The maximum atomic E-state index is 9.32. The van der Waals surface area contributed by atoms with Gasteiger partial charge in [0.15, 0.2) is 0 Å². The Kier molecular flexibility index (Phi) is 5.97. The molecule has 92 valence electrons. The molecular weight excluding hydrogens is 286 g/mol. The van der Waals surface area contributed by atoms with E-state index in [1.54, 1.807) is 11.3 Å². The van der Waals surface area contributed by atoms with Crippen molar-refractivity contribution in [2.75, 3.05) is 20.2 Å². The fourth-order valence-corrected chi connectivity index (χ4v) is 3.24. The number of rotatable bonds is 6. The maximum Gasteiger partial charge on any atom is 0.0589 e. The zero-order valence-corrected chi connectivity index (χ0v) is 12.5. The van der Waals surface area contributed by atoms with E-state index < -0.39 is 0 Å². The number of hydrogen-bond donors (Lipinski definition) is 1. The van der Waals surface area contributed by atoms with Crippen LogP contribution in [0.5, 0.6) is 0 Å². The summed E-state index contributed by atoms with van der Waals surface area (Å²) < 4.78 is 1.16. The highest BCUT2D eigenvalue weighted by molar-refractivity contribution is 9.10. The van der Waals surface area contributed by atoms with Gasteiger partial charge in [0.1, 0.15) is 0 Å². The van der Waals surface area contributed by atoms with E-state index in [9.17, 15) is 5.11 Å². The normalized spacial score (nSPS) is 13.7. The lowest BCUT2D eigenvalue weighted by Gasteiger charge is -2.29. The van der Waals surface area contributed by atoms with E-state index in [0.29, 0.717) is 5.92 Å². The number of aliphatic hydroxyl groups is 1. The molecule has 0 bridgehead atoms. The van der Waals surface area contributed by atoms with Crippen LogP contribution in [0.1, 0.15) is 18.7 Å². The largest absolute Gasteiger partial charge is 0.395 e. The van der Waals surface area contributed by atoms with E-state index in [-0.39, 0.29) is 12.6 Å². The molecule has 0 saturated carbocycles. The van der Waals surface area contributed by atoms with E-state index >= 15 is 0 Å². The van der Waals surface area contributed by atoms with Gasteiger partial charge in [0.25, 0.3) is 0 Å². The number of nitrogens with zero attached hydrogens (tertiary/aromatic N) is 1. The molecule has 0 radical (unpaired) electrons. The molecule has 1 rings (SSSR count). The predicted octanol–water partition coefficient (Wildman–Crippen LogP) is 3.00. The third kappa shape index (κ3) is 4.17. The van der Waals surface area contributed by atoms with E-state index in [0.717, 1.165) is 17.4 Å². The third-order valence-electron chi connectivity index (χ3n) is 2.86. The van der Waals surface area contributed by atoms with Gasteiger partial charge in [0.05, 0.1) is 6.61 Å². The number of halogens is 1. The van der Waals surface area contributed by atoms with Crippen molar-refractivity contribution >= 4 is 27.3 Å². The Morgan fingerprint density at radius 3 is 2.62 bits per heavy atom. The summed E-state index contributed by atoms with van der Waals surface area (Å²) in [5, 5.41) is 11.4. The molecule has 1 atom stereocenters. The first kappa shape index (κ1) is 14.2. The van der Waals surface area contributed by atoms with Crippen molar-refractivity contribution in [2.24, 2.45) is 5.92 Å². The van der Waals surface area contributed by atoms with E-state index in [1.807, 2.05) is 0 Å². The van der Waals surface area contributed by atoms with Crippen LogP contribution in [-0.4, -0.2) is 36.2 Å². The number of likely N-dealkylation sites (N-methyl/N-ethyl adjacent to an activating group) is 1. The summed E-state index contributed by atoms with van der Waals surface area (Å²) in [6.45, 7) is 5.54. The average Bonchev–Trinajstić information content (AvgIpc) is 2.62. The standard InChI is InChI=1S/C12H20BrNOS/c1-9(2)12(7-15)14(3)5-4-11-6-10(13)8-16-11/h6,8-9,12,15H,4-5,7H2,1-3H3. The summed E-state index contributed by atoms with van der Waals surface area (Å²) in [6, 6.07) is 2.44. The lowest BCUT2D eigenvalue weighted by molar-refractivity contribution is 0.114. The summed E-state index contributed by atoms with van der Waals surface area (Å²) >= 11 is 5.25. The van der Waals surface area contributed by atoms with Crippen LogP contribution in [0.15, 0.2) is 15.9 Å². The fraction of sp³-hybridized carbons (Fsp3) is 0.667. The number of hydrogen-bond acceptors (Lipinski definition) is 3. The van der Waals surface area contributed by atoms with Gasteiger partial charge in [-0.25, -0.2) is 0 Å². The lowest BCUT2D eigenvalue weighted by atomic mass is 10.0. The summed E-state index contributed by atoms with van der Waals surface area (Å²) in [5.41, 5.74) is 0. The van der Waals surface area contributed by atoms with Gasteiger partial charge in [0, 0.05) is 27.3 Å². The summed E-state index contributed by atoms with van der Waals surface area (Å²) in [4.78, 5) is 3.64. The smallest absolute Gasteiger partial charge is 0.0589 e. The highest BCUT2D eigenvalue weighted by Gasteiger charge is 2.17. The van der Waals surface area contributed by atoms with Crippen LogP contribution in [0.3, 0.4) is 0 Å². The number of thiophene rings is 1. The van der Waals surface area contributed by atoms with Gasteiger partial charge in [-0.15, -0.1) is 11.3 Å². The van der Waals surface area contributed by atoms with Gasteiger partial charge in [-0.05, 0) is 41.4 Å². The molecule has 1 N–H and O–H groups in total. The molecule has 1 aromatic rings. The molecule has 4 heteroatoms. The molecular formula is C12H20BrNOS. The van der Waals surface area contributed by atoms with Crippen LogP contribution < -0.4 is 0 Å². The summed E-state index contributed by atoms with van der Waals surface area (Å²) in [5.74, 6) is 0.491. The van der Waals surface area contributed by atoms with Crippen molar-refractivity contribution in [1.29, 1.82) is 0 Å². The Balaban J connectivity index is 2.42. The molecule has 2 nitrogen and oxygen atoms in total. The van der Waals surface area contributed by atoms with Crippen LogP contribution in [-0.2, 0) is 6.42 Å². The molecule has 0 aliphatic heterocycles. The van der Waals surface area contributed by atoms with Crippen molar-refractivity contribution in [3.63, 3.8) is 0 Å². The molecule has 0 aromatic carbocycles. The molecule has 16 heavy (non-hydrogen) atoms. The predicted molar refractivity (Wildman–Crippen MR) is 74.1 cm³/mol. The first-order valence-corrected chi connectivity index (χ1v) is 7.26. The van der Waals surface area contributed by atoms with Gasteiger partial charge >= 0.3 is 0 Å². The molecule has 0 aliphatic carbocycles. The Labute approximate surface area is 110 Å². The SMILES string of the molecule is CC(C)C(CO)N(C)CCc1cc(Br)cs1. The van der Waals surface area contributed by atoms with Crippen molar-refractivity contribution in [3.8, 4) is 0 Å². The minimum Gasteiger partial charge on any atom is -0.395 e. The highest BCUT2D eigenvalue weighted by Crippen LogP contribution is 2.20. The Bertz CT molecular complexity index is 314.